The van der Waals surface area contributed by atoms with Gasteiger partial charge < -0.3 is 14.6 Å². The quantitative estimate of drug-likeness (QED) is 0.662. The number of nitroso groups, excluding NO2 is 1. The van der Waals surface area contributed by atoms with Gasteiger partial charge in [-0.05, 0) is 24.5 Å². The smallest absolute Gasteiger partial charge is 0.165 e. The number of piperidine rings is 1. The molecule has 2 aliphatic carbocycles. The van der Waals surface area contributed by atoms with Gasteiger partial charge in [0.05, 0.1) is 18.4 Å². The molecule has 1 aromatic rings. The molecule has 4 aliphatic rings. The highest BCUT2D eigenvalue weighted by Crippen LogP contribution is 2.62. The minimum Gasteiger partial charge on any atom is -0.493 e. The summed E-state index contributed by atoms with van der Waals surface area (Å²) >= 11 is 0. The number of nitrogens with zero attached hydrogens (tertiary/aromatic N) is 2. The van der Waals surface area contributed by atoms with Gasteiger partial charge in [-0.15, -0.1) is 4.91 Å². The molecule has 0 saturated carbocycles. The van der Waals surface area contributed by atoms with E-state index in [2.05, 4.69) is 17.4 Å². The minimum atomic E-state index is -0.648. The summed E-state index contributed by atoms with van der Waals surface area (Å²) in [6.45, 7) is 0.598. The van der Waals surface area contributed by atoms with Crippen LogP contribution in [0, 0.1) is 10.8 Å². The van der Waals surface area contributed by atoms with E-state index in [1.165, 1.54) is 11.1 Å². The molecule has 120 valence electrons. The zero-order chi connectivity index (χ0) is 15.8. The van der Waals surface area contributed by atoms with Crippen LogP contribution < -0.4 is 9.47 Å². The van der Waals surface area contributed by atoms with E-state index in [1.54, 1.807) is 18.2 Å². The predicted octanol–water partition coefficient (Wildman–Crippen LogP) is 1.55. The van der Waals surface area contributed by atoms with Gasteiger partial charge in [0.2, 0.25) is 0 Å². The van der Waals surface area contributed by atoms with Gasteiger partial charge in [-0.2, -0.15) is 0 Å². The first-order valence-electron chi connectivity index (χ1n) is 8.04. The first-order valence-corrected chi connectivity index (χ1v) is 8.04. The molecule has 1 saturated heterocycles. The van der Waals surface area contributed by atoms with E-state index < -0.39 is 6.10 Å². The second-order valence-electron chi connectivity index (χ2n) is 6.88. The van der Waals surface area contributed by atoms with Crippen molar-refractivity contribution in [1.29, 1.82) is 0 Å². The Morgan fingerprint density at radius 3 is 3.09 bits per heavy atom. The van der Waals surface area contributed by atoms with Crippen molar-refractivity contribution in [1.82, 2.24) is 5.01 Å². The van der Waals surface area contributed by atoms with Gasteiger partial charge in [0, 0.05) is 23.4 Å². The third-order valence-corrected chi connectivity index (χ3v) is 6.15. The number of rotatable bonds is 2. The van der Waals surface area contributed by atoms with Crippen molar-refractivity contribution in [2.45, 2.75) is 36.5 Å². The van der Waals surface area contributed by atoms with E-state index in [0.717, 1.165) is 18.6 Å². The number of hydrogen-bond acceptors (Lipinski definition) is 5. The maximum atomic E-state index is 11.3. The third-order valence-electron chi connectivity index (χ3n) is 6.15. The lowest BCUT2D eigenvalue weighted by Crippen LogP contribution is -2.64. The lowest BCUT2D eigenvalue weighted by molar-refractivity contribution is -0.0517. The molecule has 6 heteroatoms. The summed E-state index contributed by atoms with van der Waals surface area (Å²) in [5.74, 6) is 1.62. The molecule has 23 heavy (non-hydrogen) atoms. The van der Waals surface area contributed by atoms with Crippen molar-refractivity contribution >= 4 is 0 Å². The van der Waals surface area contributed by atoms with Crippen molar-refractivity contribution in [3.05, 3.63) is 40.3 Å². The van der Waals surface area contributed by atoms with Crippen LogP contribution in [0.4, 0.5) is 0 Å². The average molecular weight is 314 g/mol. The lowest BCUT2D eigenvalue weighted by atomic mass is 9.53. The maximum Gasteiger partial charge on any atom is 0.165 e. The van der Waals surface area contributed by atoms with Crippen molar-refractivity contribution in [3.8, 4) is 11.5 Å². The SMILES string of the molecule is COc1ccc2c3c1O[C@@H]1[C@@H](O)C=C[C@H]4[C@H](C2)N(N=O)CC[C@]314. The second kappa shape index (κ2) is 4.26. The Morgan fingerprint density at radius 1 is 1.43 bits per heavy atom. The summed E-state index contributed by atoms with van der Waals surface area (Å²) in [4.78, 5) is 11.3. The van der Waals surface area contributed by atoms with Gasteiger partial charge >= 0.3 is 0 Å². The Bertz CT molecular complexity index is 734. The highest BCUT2D eigenvalue weighted by molar-refractivity contribution is 5.62. The van der Waals surface area contributed by atoms with Crippen molar-refractivity contribution < 1.29 is 14.6 Å². The fourth-order valence-corrected chi connectivity index (χ4v) is 5.29. The molecular formula is C17H18N2O4. The van der Waals surface area contributed by atoms with Gasteiger partial charge in [0.25, 0.3) is 0 Å². The number of ether oxygens (including phenoxy) is 2. The van der Waals surface area contributed by atoms with E-state index >= 15 is 0 Å². The number of aliphatic hydroxyl groups is 1. The summed E-state index contributed by atoms with van der Waals surface area (Å²) in [6.07, 6.45) is 4.41. The molecule has 5 atom stereocenters. The second-order valence-corrected chi connectivity index (χ2v) is 6.88. The molecule has 1 fully saturated rings. The van der Waals surface area contributed by atoms with Gasteiger partial charge in [0.15, 0.2) is 11.5 Å². The monoisotopic (exact) mass is 314 g/mol. The maximum absolute atomic E-state index is 11.3. The van der Waals surface area contributed by atoms with Crippen LogP contribution >= 0.6 is 0 Å². The number of hydrogen-bond donors (Lipinski definition) is 1. The molecule has 1 aromatic carbocycles. The lowest BCUT2D eigenvalue weighted by Gasteiger charge is -2.55. The van der Waals surface area contributed by atoms with Crippen LogP contribution in [-0.4, -0.2) is 42.0 Å². The first kappa shape index (κ1) is 13.4. The van der Waals surface area contributed by atoms with Crippen LogP contribution in [0.25, 0.3) is 0 Å². The standard InChI is InChI=1S/C17H18N2O4/c1-22-13-5-2-9-8-11-10-3-4-12(20)16-17(10,6-7-19(11)18-21)14(9)15(13)23-16/h2-5,10-12,16,20H,6-8H2,1H3/t10-,11-,12-,16+,17-/m0/s1. The fraction of sp³-hybridized carbons (Fsp3) is 0.529. The Morgan fingerprint density at radius 2 is 2.30 bits per heavy atom. The fourth-order valence-electron chi connectivity index (χ4n) is 5.29. The Labute approximate surface area is 133 Å². The van der Waals surface area contributed by atoms with E-state index in [1.807, 2.05) is 6.07 Å². The van der Waals surface area contributed by atoms with Crippen LogP contribution in [0.5, 0.6) is 11.5 Å². The van der Waals surface area contributed by atoms with E-state index in [9.17, 15) is 10.0 Å². The molecule has 2 bridgehead atoms. The van der Waals surface area contributed by atoms with Crippen LogP contribution in [0.1, 0.15) is 17.5 Å². The van der Waals surface area contributed by atoms with Crippen LogP contribution in [0.3, 0.4) is 0 Å². The predicted molar refractivity (Wildman–Crippen MR) is 82.3 cm³/mol. The average Bonchev–Trinajstić information content (AvgIpc) is 2.91. The topological polar surface area (TPSA) is 71.4 Å². The minimum absolute atomic E-state index is 0.0305. The van der Waals surface area contributed by atoms with E-state index in [4.69, 9.17) is 9.47 Å². The molecule has 0 amide bonds. The number of methoxy groups -OCH3 is 1. The number of aliphatic hydroxyl groups excluding tert-OH is 1. The molecule has 0 unspecified atom stereocenters. The molecule has 5 rings (SSSR count). The highest BCUT2D eigenvalue weighted by Gasteiger charge is 2.64. The van der Waals surface area contributed by atoms with Gasteiger partial charge in [-0.3, -0.25) is 5.01 Å². The van der Waals surface area contributed by atoms with E-state index in [0.29, 0.717) is 12.3 Å². The molecule has 1 spiro atoms. The third kappa shape index (κ3) is 1.39. The largest absolute Gasteiger partial charge is 0.493 e. The molecule has 1 N–H and O–H groups in total. The first-order chi connectivity index (χ1) is 11.2. The van der Waals surface area contributed by atoms with Crippen molar-refractivity contribution in [3.63, 3.8) is 0 Å². The zero-order valence-electron chi connectivity index (χ0n) is 12.8. The van der Waals surface area contributed by atoms with Crippen LogP contribution in [-0.2, 0) is 11.8 Å². The molecule has 6 nitrogen and oxygen atoms in total. The highest BCUT2D eigenvalue weighted by atomic mass is 16.5. The number of benzene rings is 1. The summed E-state index contributed by atoms with van der Waals surface area (Å²) in [5.41, 5.74) is 2.08. The van der Waals surface area contributed by atoms with Crippen molar-refractivity contribution in [2.24, 2.45) is 11.2 Å². The van der Waals surface area contributed by atoms with E-state index in [-0.39, 0.29) is 23.5 Å². The van der Waals surface area contributed by atoms with Crippen LogP contribution in [0.2, 0.25) is 0 Å². The van der Waals surface area contributed by atoms with Gasteiger partial charge in [-0.25, -0.2) is 0 Å². The van der Waals surface area contributed by atoms with Crippen molar-refractivity contribution in [2.75, 3.05) is 13.7 Å². The van der Waals surface area contributed by atoms with Gasteiger partial charge in [0.1, 0.15) is 12.2 Å². The Hall–Kier alpha value is -2.08. The summed E-state index contributed by atoms with van der Waals surface area (Å²) in [5, 5.41) is 15.4. The summed E-state index contributed by atoms with van der Waals surface area (Å²) in [6, 6.07) is 4.01. The Kier molecular flexibility index (Phi) is 2.48. The summed E-state index contributed by atoms with van der Waals surface area (Å²) in [7, 11) is 1.64. The molecule has 0 radical (unpaired) electrons. The normalized spacial score (nSPS) is 38.8. The zero-order valence-corrected chi connectivity index (χ0v) is 12.8. The molecule has 2 aliphatic heterocycles. The summed E-state index contributed by atoms with van der Waals surface area (Å²) < 4.78 is 11.7. The molecule has 0 aromatic heterocycles. The molecule has 2 heterocycles. The van der Waals surface area contributed by atoms with Gasteiger partial charge in [-0.1, -0.05) is 18.2 Å². The Balaban J connectivity index is 1.80. The van der Waals surface area contributed by atoms with Crippen LogP contribution in [0.15, 0.2) is 29.6 Å². The molecular weight excluding hydrogens is 296 g/mol.